The van der Waals surface area contributed by atoms with Gasteiger partial charge in [-0.1, -0.05) is 0 Å². The minimum Gasteiger partial charge on any atom is -0.748 e. The van der Waals surface area contributed by atoms with Crippen molar-refractivity contribution in [1.29, 1.82) is 0 Å². The lowest BCUT2D eigenvalue weighted by Crippen LogP contribution is -1.97. The van der Waals surface area contributed by atoms with E-state index in [4.69, 9.17) is 13.0 Å². The highest BCUT2D eigenvalue weighted by molar-refractivity contribution is 7.84. The number of hydrogen-bond acceptors (Lipinski definition) is 3. The first-order chi connectivity index (χ1) is 5.39. The van der Waals surface area contributed by atoms with E-state index in [1.807, 2.05) is 18.5 Å². The summed E-state index contributed by atoms with van der Waals surface area (Å²) in [5.74, 6) is 0. The standard InChI is InChI=1S/C6H7N.CH4O3S/c1-6-3-2-4-7-5-6;1-5(2,3)4/h2-5H,1H3;1H3,(H,2,3,4). The largest absolute Gasteiger partial charge is 0.748 e. The molecule has 5 heteroatoms. The maximum Gasteiger partial charge on any atom is 0.169 e. The topological polar surface area (TPSA) is 71.3 Å². The Balaban J connectivity index is 0.000000217. The van der Waals surface area contributed by atoms with E-state index in [-0.39, 0.29) is 0 Å². The van der Waals surface area contributed by atoms with Gasteiger partial charge < -0.3 is 4.55 Å². The molecule has 0 bridgehead atoms. The number of nitrogens with one attached hydrogen (secondary N) is 1. The predicted molar refractivity (Wildman–Crippen MR) is 43.4 cm³/mol. The molecule has 0 atom stereocenters. The number of hydrogen-bond donors (Lipinski definition) is 0. The first-order valence-corrected chi connectivity index (χ1v) is 5.05. The average Bonchev–Trinajstić information content (AvgIpc) is 1.85. The molecule has 1 N–H and O–H groups in total. The Kier molecular flexibility index (Phi) is 4.46. The van der Waals surface area contributed by atoms with Gasteiger partial charge in [0.1, 0.15) is 0 Å². The first-order valence-electron chi connectivity index (χ1n) is 3.23. The van der Waals surface area contributed by atoms with Crippen LogP contribution in [0, 0.1) is 6.92 Å². The average molecular weight is 189 g/mol. The third-order valence-electron chi connectivity index (χ3n) is 0.863. The lowest BCUT2D eigenvalue weighted by molar-refractivity contribution is -0.378. The smallest absolute Gasteiger partial charge is 0.169 e. The van der Waals surface area contributed by atoms with Crippen LogP contribution in [0.3, 0.4) is 0 Å². The van der Waals surface area contributed by atoms with Crippen LogP contribution < -0.4 is 4.98 Å². The van der Waals surface area contributed by atoms with Gasteiger partial charge in [-0.3, -0.25) is 0 Å². The molecule has 0 radical (unpaired) electrons. The number of rotatable bonds is 0. The first kappa shape index (κ1) is 11.1. The fourth-order valence-corrected chi connectivity index (χ4v) is 0.483. The second kappa shape index (κ2) is 4.84. The molecule has 1 aromatic rings. The number of aromatic amines is 1. The summed E-state index contributed by atoms with van der Waals surface area (Å²) in [6.45, 7) is 2.05. The molecule has 68 valence electrons. The molecule has 0 amide bonds. The maximum absolute atomic E-state index is 9.08. The van der Waals surface area contributed by atoms with Gasteiger partial charge in [0.05, 0.1) is 10.1 Å². The Morgan fingerprint density at radius 1 is 1.50 bits per heavy atom. The molecule has 0 saturated heterocycles. The van der Waals surface area contributed by atoms with Crippen LogP contribution in [0.5, 0.6) is 0 Å². The Labute approximate surface area is 72.0 Å². The SMILES string of the molecule is CS(=O)(=O)[O-].Cc1ccc[nH+]c1. The number of aryl methyl sites for hydroxylation is 1. The molecule has 0 aliphatic rings. The molecule has 0 aromatic carbocycles. The van der Waals surface area contributed by atoms with E-state index in [1.165, 1.54) is 5.56 Å². The van der Waals surface area contributed by atoms with Crippen molar-refractivity contribution in [2.24, 2.45) is 0 Å². The monoisotopic (exact) mass is 189 g/mol. The molecule has 1 rings (SSSR count). The van der Waals surface area contributed by atoms with Gasteiger partial charge in [0.2, 0.25) is 0 Å². The van der Waals surface area contributed by atoms with Gasteiger partial charge in [0, 0.05) is 17.9 Å². The van der Waals surface area contributed by atoms with Gasteiger partial charge in [-0.2, -0.15) is 0 Å². The fraction of sp³-hybridized carbons (Fsp3) is 0.286. The number of H-pyrrole nitrogens is 1. The van der Waals surface area contributed by atoms with E-state index < -0.39 is 10.1 Å². The van der Waals surface area contributed by atoms with Crippen molar-refractivity contribution in [3.63, 3.8) is 0 Å². The minimum absolute atomic E-state index is 0.604. The Morgan fingerprint density at radius 2 is 2.00 bits per heavy atom. The molecule has 0 fully saturated rings. The van der Waals surface area contributed by atoms with E-state index in [0.717, 1.165) is 0 Å². The van der Waals surface area contributed by atoms with Crippen LogP contribution in [0.2, 0.25) is 0 Å². The van der Waals surface area contributed by atoms with Crippen LogP contribution in [0.1, 0.15) is 5.56 Å². The summed E-state index contributed by atoms with van der Waals surface area (Å²) in [7, 11) is -3.92. The van der Waals surface area contributed by atoms with E-state index in [9.17, 15) is 0 Å². The van der Waals surface area contributed by atoms with E-state index >= 15 is 0 Å². The van der Waals surface area contributed by atoms with Gasteiger partial charge in [0.15, 0.2) is 12.4 Å². The van der Waals surface area contributed by atoms with Crippen LogP contribution in [-0.4, -0.2) is 19.2 Å². The molecule has 4 nitrogen and oxygen atoms in total. The fourth-order valence-electron chi connectivity index (χ4n) is 0.483. The Hall–Kier alpha value is -0.940. The summed E-state index contributed by atoms with van der Waals surface area (Å²) in [6.07, 6.45) is 4.46. The molecule has 0 saturated carbocycles. The maximum atomic E-state index is 9.08. The second-order valence-corrected chi connectivity index (χ2v) is 3.69. The van der Waals surface area contributed by atoms with Crippen LogP contribution in [0.4, 0.5) is 0 Å². The number of pyridine rings is 1. The number of aromatic nitrogens is 1. The van der Waals surface area contributed by atoms with Crippen molar-refractivity contribution in [3.05, 3.63) is 30.1 Å². The second-order valence-electron chi connectivity index (χ2n) is 2.28. The summed E-state index contributed by atoms with van der Waals surface area (Å²) >= 11 is 0. The van der Waals surface area contributed by atoms with Gasteiger partial charge in [-0.25, -0.2) is 13.4 Å². The normalized spacial score (nSPS) is 9.92. The molecular weight excluding hydrogens is 178 g/mol. The van der Waals surface area contributed by atoms with E-state index in [2.05, 4.69) is 18.0 Å². The third kappa shape index (κ3) is 11.8. The van der Waals surface area contributed by atoms with Gasteiger partial charge in [-0.15, -0.1) is 0 Å². The summed E-state index contributed by atoms with van der Waals surface area (Å²) < 4.78 is 27.2. The molecule has 0 aliphatic heterocycles. The van der Waals surface area contributed by atoms with Crippen LogP contribution in [0.25, 0.3) is 0 Å². The molecule has 12 heavy (non-hydrogen) atoms. The summed E-state index contributed by atoms with van der Waals surface area (Å²) in [6, 6.07) is 4.03. The van der Waals surface area contributed by atoms with Crippen LogP contribution >= 0.6 is 0 Å². The van der Waals surface area contributed by atoms with Gasteiger partial charge in [0.25, 0.3) is 0 Å². The van der Waals surface area contributed by atoms with Crippen molar-refractivity contribution in [1.82, 2.24) is 0 Å². The van der Waals surface area contributed by atoms with Crippen molar-refractivity contribution in [2.75, 3.05) is 6.26 Å². The van der Waals surface area contributed by atoms with E-state index in [1.54, 1.807) is 0 Å². The minimum atomic E-state index is -3.92. The summed E-state index contributed by atoms with van der Waals surface area (Å²) in [4.78, 5) is 2.96. The highest BCUT2D eigenvalue weighted by Crippen LogP contribution is 1.84. The van der Waals surface area contributed by atoms with Crippen molar-refractivity contribution in [3.8, 4) is 0 Å². The van der Waals surface area contributed by atoms with Gasteiger partial charge >= 0.3 is 0 Å². The highest BCUT2D eigenvalue weighted by atomic mass is 32.2. The van der Waals surface area contributed by atoms with Crippen molar-refractivity contribution >= 4 is 10.1 Å². The van der Waals surface area contributed by atoms with Crippen LogP contribution in [-0.2, 0) is 10.1 Å². The molecule has 1 aromatic heterocycles. The van der Waals surface area contributed by atoms with Crippen LogP contribution in [0.15, 0.2) is 24.5 Å². The molecule has 0 aliphatic carbocycles. The molecular formula is C7H11NO3S. The summed E-state index contributed by atoms with van der Waals surface area (Å²) in [5, 5.41) is 0. The highest BCUT2D eigenvalue weighted by Gasteiger charge is 1.79. The lowest BCUT2D eigenvalue weighted by atomic mass is 10.3. The zero-order chi connectivity index (χ0) is 9.61. The van der Waals surface area contributed by atoms with Crippen molar-refractivity contribution in [2.45, 2.75) is 6.92 Å². The Bertz CT molecular complexity index is 299. The predicted octanol–water partition coefficient (Wildman–Crippen LogP) is -0.0295. The quantitative estimate of drug-likeness (QED) is 0.538. The summed E-state index contributed by atoms with van der Waals surface area (Å²) in [5.41, 5.74) is 1.27. The lowest BCUT2D eigenvalue weighted by Gasteiger charge is -1.90. The van der Waals surface area contributed by atoms with E-state index in [0.29, 0.717) is 6.26 Å². The zero-order valence-electron chi connectivity index (χ0n) is 6.94. The molecule has 0 unspecified atom stereocenters. The Morgan fingerprint density at radius 3 is 2.17 bits per heavy atom. The molecule has 0 spiro atoms. The van der Waals surface area contributed by atoms with Crippen molar-refractivity contribution < 1.29 is 18.0 Å². The van der Waals surface area contributed by atoms with Gasteiger partial charge in [-0.05, 0) is 13.0 Å². The zero-order valence-corrected chi connectivity index (χ0v) is 7.76. The third-order valence-corrected chi connectivity index (χ3v) is 0.863. The molecule has 1 heterocycles.